The van der Waals surface area contributed by atoms with Crippen molar-refractivity contribution in [3.05, 3.63) is 30.3 Å². The summed E-state index contributed by atoms with van der Waals surface area (Å²) in [6, 6.07) is 8.97. The van der Waals surface area contributed by atoms with E-state index in [4.69, 9.17) is 5.73 Å². The Bertz CT molecular complexity index is 540. The predicted octanol–water partition coefficient (Wildman–Crippen LogP) is 0.773. The van der Waals surface area contributed by atoms with E-state index in [0.29, 0.717) is 11.4 Å². The van der Waals surface area contributed by atoms with Gasteiger partial charge < -0.3 is 11.1 Å². The Morgan fingerprint density at radius 2 is 1.71 bits per heavy atom. The molecule has 3 amide bonds. The summed E-state index contributed by atoms with van der Waals surface area (Å²) in [5.41, 5.74) is 8.34. The van der Waals surface area contributed by atoms with Crippen LogP contribution in [0, 0.1) is 0 Å². The summed E-state index contributed by atoms with van der Waals surface area (Å²) >= 11 is 0. The van der Waals surface area contributed by atoms with Gasteiger partial charge in [0, 0.05) is 24.2 Å². The van der Waals surface area contributed by atoms with E-state index >= 15 is 0 Å². The summed E-state index contributed by atoms with van der Waals surface area (Å²) in [4.78, 5) is 33.7. The van der Waals surface area contributed by atoms with Gasteiger partial charge in [0.15, 0.2) is 0 Å². The Morgan fingerprint density at radius 1 is 1.10 bits per heavy atom. The Balaban J connectivity index is 2.29. The van der Waals surface area contributed by atoms with E-state index in [2.05, 4.69) is 15.8 Å². The summed E-state index contributed by atoms with van der Waals surface area (Å²) in [7, 11) is 0. The summed E-state index contributed by atoms with van der Waals surface area (Å²) in [6.07, 6.45) is 0.0336. The summed E-state index contributed by atoms with van der Waals surface area (Å²) in [6.45, 7) is 1.58. The number of nitrogens with zero attached hydrogens (tertiary/aromatic N) is 1. The molecule has 0 radical (unpaired) electrons. The van der Waals surface area contributed by atoms with E-state index in [9.17, 15) is 14.4 Å². The van der Waals surface area contributed by atoms with Crippen LogP contribution < -0.4 is 16.5 Å². The minimum absolute atomic E-state index is 0.00597. The first-order valence-corrected chi connectivity index (χ1v) is 6.42. The maximum atomic E-state index is 11.6. The predicted molar refractivity (Wildman–Crippen MR) is 79.4 cm³/mol. The van der Waals surface area contributed by atoms with Crippen molar-refractivity contribution in [2.45, 2.75) is 26.2 Å². The Labute approximate surface area is 122 Å². The largest absolute Gasteiger partial charge is 0.369 e. The van der Waals surface area contributed by atoms with Crippen molar-refractivity contribution in [2.24, 2.45) is 10.8 Å². The van der Waals surface area contributed by atoms with Crippen LogP contribution in [-0.2, 0) is 14.4 Å². The molecule has 0 bridgehead atoms. The molecule has 0 aliphatic carbocycles. The molecule has 0 unspecified atom stereocenters. The number of benzene rings is 1. The summed E-state index contributed by atoms with van der Waals surface area (Å²) in [5.74, 6) is -1.18. The fourth-order valence-electron chi connectivity index (χ4n) is 1.48. The second kappa shape index (κ2) is 8.47. The number of amides is 3. The molecule has 4 N–H and O–H groups in total. The van der Waals surface area contributed by atoms with E-state index in [-0.39, 0.29) is 25.2 Å². The zero-order valence-corrected chi connectivity index (χ0v) is 11.8. The highest BCUT2D eigenvalue weighted by atomic mass is 16.2. The first-order chi connectivity index (χ1) is 9.97. The van der Waals surface area contributed by atoms with Crippen molar-refractivity contribution in [1.82, 2.24) is 5.43 Å². The standard InChI is InChI=1S/C14H18N4O3/c1-10(9-12(15)19)17-18-14(21)8-7-13(20)16-11-5-3-2-4-6-11/h2-6H,7-9H2,1H3,(H2,15,19)(H,16,20)(H,18,21)/b17-10+. The molecule has 1 aromatic carbocycles. The lowest BCUT2D eigenvalue weighted by Crippen LogP contribution is -2.23. The molecule has 7 nitrogen and oxygen atoms in total. The summed E-state index contributed by atoms with van der Waals surface area (Å²) in [5, 5.41) is 6.38. The second-order valence-electron chi connectivity index (χ2n) is 4.44. The maximum absolute atomic E-state index is 11.6. The van der Waals surface area contributed by atoms with Crippen LogP contribution in [-0.4, -0.2) is 23.4 Å². The van der Waals surface area contributed by atoms with E-state index in [1.165, 1.54) is 0 Å². The minimum atomic E-state index is -0.521. The lowest BCUT2D eigenvalue weighted by molar-refractivity contribution is -0.124. The molecule has 0 aromatic heterocycles. The zero-order valence-electron chi connectivity index (χ0n) is 11.8. The van der Waals surface area contributed by atoms with Crippen LogP contribution in [0.2, 0.25) is 0 Å². The number of carbonyl (C=O) groups is 3. The number of para-hydroxylation sites is 1. The smallest absolute Gasteiger partial charge is 0.240 e. The lowest BCUT2D eigenvalue weighted by Gasteiger charge is -2.04. The molecule has 0 fully saturated rings. The monoisotopic (exact) mass is 290 g/mol. The van der Waals surface area contributed by atoms with Crippen molar-refractivity contribution in [3.8, 4) is 0 Å². The minimum Gasteiger partial charge on any atom is -0.369 e. The lowest BCUT2D eigenvalue weighted by atomic mass is 10.2. The van der Waals surface area contributed by atoms with Gasteiger partial charge in [-0.05, 0) is 19.1 Å². The molecule has 0 aliphatic heterocycles. The number of nitrogens with two attached hydrogens (primary N) is 1. The van der Waals surface area contributed by atoms with Crippen LogP contribution in [0.15, 0.2) is 35.4 Å². The number of hydrazone groups is 1. The van der Waals surface area contributed by atoms with Crippen molar-refractivity contribution in [2.75, 3.05) is 5.32 Å². The number of primary amides is 1. The molecule has 1 aromatic rings. The van der Waals surface area contributed by atoms with Gasteiger partial charge in [-0.3, -0.25) is 14.4 Å². The van der Waals surface area contributed by atoms with Gasteiger partial charge in [-0.25, -0.2) is 5.43 Å². The van der Waals surface area contributed by atoms with Gasteiger partial charge in [-0.1, -0.05) is 18.2 Å². The average Bonchev–Trinajstić information content (AvgIpc) is 2.43. The Kier molecular flexibility index (Phi) is 6.59. The van der Waals surface area contributed by atoms with Crippen LogP contribution >= 0.6 is 0 Å². The number of hydrogen-bond donors (Lipinski definition) is 3. The van der Waals surface area contributed by atoms with Crippen LogP contribution in [0.25, 0.3) is 0 Å². The van der Waals surface area contributed by atoms with E-state index in [0.717, 1.165) is 0 Å². The van der Waals surface area contributed by atoms with Crippen LogP contribution in [0.5, 0.6) is 0 Å². The van der Waals surface area contributed by atoms with E-state index in [1.54, 1.807) is 31.2 Å². The molecule has 0 atom stereocenters. The molecular weight excluding hydrogens is 272 g/mol. The van der Waals surface area contributed by atoms with Gasteiger partial charge in [0.05, 0.1) is 6.42 Å². The molecule has 7 heteroatoms. The quantitative estimate of drug-likeness (QED) is 0.509. The number of hydrogen-bond acceptors (Lipinski definition) is 4. The topological polar surface area (TPSA) is 114 Å². The number of nitrogens with one attached hydrogen (secondary N) is 2. The zero-order chi connectivity index (χ0) is 15.7. The number of anilines is 1. The highest BCUT2D eigenvalue weighted by Crippen LogP contribution is 2.05. The van der Waals surface area contributed by atoms with Crippen molar-refractivity contribution in [1.29, 1.82) is 0 Å². The van der Waals surface area contributed by atoms with E-state index < -0.39 is 11.8 Å². The molecule has 0 saturated carbocycles. The van der Waals surface area contributed by atoms with Gasteiger partial charge in [0.1, 0.15) is 0 Å². The highest BCUT2D eigenvalue weighted by molar-refractivity contribution is 5.99. The maximum Gasteiger partial charge on any atom is 0.240 e. The normalized spacial score (nSPS) is 10.8. The third-order valence-corrected chi connectivity index (χ3v) is 2.44. The van der Waals surface area contributed by atoms with Crippen molar-refractivity contribution < 1.29 is 14.4 Å². The van der Waals surface area contributed by atoms with Crippen LogP contribution in [0.4, 0.5) is 5.69 Å². The molecule has 112 valence electrons. The fraction of sp³-hybridized carbons (Fsp3) is 0.286. The molecular formula is C14H18N4O3. The molecule has 1 rings (SSSR count). The van der Waals surface area contributed by atoms with Gasteiger partial charge in [0.2, 0.25) is 17.7 Å². The number of rotatable bonds is 7. The molecule has 0 saturated heterocycles. The fourth-order valence-corrected chi connectivity index (χ4v) is 1.48. The molecule has 0 heterocycles. The van der Waals surface area contributed by atoms with Crippen LogP contribution in [0.3, 0.4) is 0 Å². The molecule has 0 spiro atoms. The van der Waals surface area contributed by atoms with Crippen molar-refractivity contribution >= 4 is 29.1 Å². The second-order valence-corrected chi connectivity index (χ2v) is 4.44. The highest BCUT2D eigenvalue weighted by Gasteiger charge is 2.07. The third kappa shape index (κ3) is 7.46. The van der Waals surface area contributed by atoms with Gasteiger partial charge >= 0.3 is 0 Å². The van der Waals surface area contributed by atoms with Crippen molar-refractivity contribution in [3.63, 3.8) is 0 Å². The Morgan fingerprint density at radius 3 is 2.33 bits per heavy atom. The average molecular weight is 290 g/mol. The van der Waals surface area contributed by atoms with Gasteiger partial charge in [0.25, 0.3) is 0 Å². The SMILES string of the molecule is C/C(CC(N)=O)=N\NC(=O)CCC(=O)Nc1ccccc1. The number of carbonyl (C=O) groups excluding carboxylic acids is 3. The van der Waals surface area contributed by atoms with E-state index in [1.807, 2.05) is 6.07 Å². The first-order valence-electron chi connectivity index (χ1n) is 6.42. The summed E-state index contributed by atoms with van der Waals surface area (Å²) < 4.78 is 0. The van der Waals surface area contributed by atoms with Gasteiger partial charge in [-0.15, -0.1) is 0 Å². The third-order valence-electron chi connectivity index (χ3n) is 2.44. The first kappa shape index (κ1) is 16.4. The van der Waals surface area contributed by atoms with Gasteiger partial charge in [-0.2, -0.15) is 5.10 Å². The van der Waals surface area contributed by atoms with Crippen LogP contribution in [0.1, 0.15) is 26.2 Å². The Hall–Kier alpha value is -2.70. The molecule has 0 aliphatic rings. The molecule has 21 heavy (non-hydrogen) atoms.